The SMILES string of the molecule is COc1ccc(OC)c(NC(=O)Cc2nc(-c3ccccc3F)oc2C)c1. The second-order valence-electron chi connectivity index (χ2n) is 5.79. The molecule has 1 heterocycles. The molecule has 0 radical (unpaired) electrons. The van der Waals surface area contributed by atoms with Crippen LogP contribution in [0.4, 0.5) is 10.1 Å². The summed E-state index contributed by atoms with van der Waals surface area (Å²) in [6.45, 7) is 1.69. The second-order valence-corrected chi connectivity index (χ2v) is 5.79. The number of benzene rings is 2. The average Bonchev–Trinajstić information content (AvgIpc) is 3.02. The van der Waals surface area contributed by atoms with E-state index in [0.29, 0.717) is 28.6 Å². The predicted molar refractivity (Wildman–Crippen MR) is 98.5 cm³/mol. The van der Waals surface area contributed by atoms with Gasteiger partial charge in [0.2, 0.25) is 11.8 Å². The number of anilines is 1. The number of methoxy groups -OCH3 is 2. The van der Waals surface area contributed by atoms with Gasteiger partial charge >= 0.3 is 0 Å². The van der Waals surface area contributed by atoms with E-state index in [2.05, 4.69) is 10.3 Å². The zero-order chi connectivity index (χ0) is 19.4. The summed E-state index contributed by atoms with van der Waals surface area (Å²) in [5.41, 5.74) is 1.17. The third kappa shape index (κ3) is 4.08. The lowest BCUT2D eigenvalue weighted by atomic mass is 10.2. The highest BCUT2D eigenvalue weighted by Crippen LogP contribution is 2.29. The Labute approximate surface area is 155 Å². The minimum Gasteiger partial charge on any atom is -0.497 e. The molecule has 0 unspecified atom stereocenters. The van der Waals surface area contributed by atoms with Crippen molar-refractivity contribution in [2.75, 3.05) is 19.5 Å². The molecule has 0 aliphatic rings. The Hall–Kier alpha value is -3.35. The van der Waals surface area contributed by atoms with Crippen LogP contribution in [0.5, 0.6) is 11.5 Å². The number of aryl methyl sites for hydroxylation is 1. The summed E-state index contributed by atoms with van der Waals surface area (Å²) in [6, 6.07) is 11.3. The largest absolute Gasteiger partial charge is 0.497 e. The zero-order valence-electron chi connectivity index (χ0n) is 15.2. The van der Waals surface area contributed by atoms with Crippen molar-refractivity contribution in [3.05, 3.63) is 59.7 Å². The van der Waals surface area contributed by atoms with Gasteiger partial charge in [-0.15, -0.1) is 0 Å². The Morgan fingerprint density at radius 1 is 1.19 bits per heavy atom. The lowest BCUT2D eigenvalue weighted by molar-refractivity contribution is -0.115. The van der Waals surface area contributed by atoms with Gasteiger partial charge < -0.3 is 19.2 Å². The van der Waals surface area contributed by atoms with Crippen molar-refractivity contribution in [1.29, 1.82) is 0 Å². The van der Waals surface area contributed by atoms with E-state index in [9.17, 15) is 9.18 Å². The quantitative estimate of drug-likeness (QED) is 0.710. The maximum Gasteiger partial charge on any atom is 0.230 e. The van der Waals surface area contributed by atoms with E-state index in [1.165, 1.54) is 20.3 Å². The van der Waals surface area contributed by atoms with Crippen LogP contribution in [-0.2, 0) is 11.2 Å². The molecule has 0 aliphatic heterocycles. The van der Waals surface area contributed by atoms with Gasteiger partial charge in [0.05, 0.1) is 37.6 Å². The van der Waals surface area contributed by atoms with Crippen molar-refractivity contribution < 1.29 is 23.1 Å². The molecule has 0 saturated carbocycles. The first-order valence-corrected chi connectivity index (χ1v) is 8.25. The lowest BCUT2D eigenvalue weighted by Gasteiger charge is -2.11. The molecule has 1 N–H and O–H groups in total. The molecule has 3 rings (SSSR count). The summed E-state index contributed by atoms with van der Waals surface area (Å²) in [4.78, 5) is 16.7. The Morgan fingerprint density at radius 2 is 1.96 bits per heavy atom. The fourth-order valence-electron chi connectivity index (χ4n) is 2.60. The molecule has 27 heavy (non-hydrogen) atoms. The smallest absolute Gasteiger partial charge is 0.230 e. The maximum atomic E-state index is 13.9. The summed E-state index contributed by atoms with van der Waals surface area (Å²) in [5, 5.41) is 2.77. The lowest BCUT2D eigenvalue weighted by Crippen LogP contribution is -2.15. The molecule has 0 bridgehead atoms. The summed E-state index contributed by atoms with van der Waals surface area (Å²) in [7, 11) is 3.05. The van der Waals surface area contributed by atoms with E-state index < -0.39 is 5.82 Å². The van der Waals surface area contributed by atoms with Gasteiger partial charge in [-0.1, -0.05) is 12.1 Å². The van der Waals surface area contributed by atoms with Gasteiger partial charge in [-0.3, -0.25) is 4.79 Å². The Kier molecular flexibility index (Phi) is 5.40. The molecule has 140 valence electrons. The molecule has 0 atom stereocenters. The van der Waals surface area contributed by atoms with Crippen LogP contribution in [0.25, 0.3) is 11.5 Å². The number of nitrogens with one attached hydrogen (secondary N) is 1. The van der Waals surface area contributed by atoms with E-state index >= 15 is 0 Å². The van der Waals surface area contributed by atoms with Crippen molar-refractivity contribution in [1.82, 2.24) is 4.98 Å². The first-order chi connectivity index (χ1) is 13.0. The standard InChI is InChI=1S/C20H19FN2O4/c1-12-16(23-20(27-12)14-6-4-5-7-15(14)21)11-19(24)22-17-10-13(25-2)8-9-18(17)26-3/h4-10H,11H2,1-3H3,(H,22,24). The van der Waals surface area contributed by atoms with Gasteiger partial charge in [-0.25, -0.2) is 9.37 Å². The highest BCUT2D eigenvalue weighted by atomic mass is 19.1. The van der Waals surface area contributed by atoms with Gasteiger partial charge in [0.1, 0.15) is 23.1 Å². The molecular formula is C20H19FN2O4. The monoisotopic (exact) mass is 370 g/mol. The molecule has 1 amide bonds. The fourth-order valence-corrected chi connectivity index (χ4v) is 2.60. The third-order valence-electron chi connectivity index (χ3n) is 4.01. The molecule has 2 aromatic carbocycles. The molecule has 0 aliphatic carbocycles. The summed E-state index contributed by atoms with van der Waals surface area (Å²) in [5.74, 6) is 0.959. The fraction of sp³-hybridized carbons (Fsp3) is 0.200. The van der Waals surface area contributed by atoms with E-state index in [1.54, 1.807) is 43.3 Å². The van der Waals surface area contributed by atoms with Crippen LogP contribution in [0.2, 0.25) is 0 Å². The van der Waals surface area contributed by atoms with Gasteiger partial charge in [0, 0.05) is 6.07 Å². The van der Waals surface area contributed by atoms with Crippen LogP contribution in [0.15, 0.2) is 46.9 Å². The van der Waals surface area contributed by atoms with Gasteiger partial charge in [0.15, 0.2) is 0 Å². The van der Waals surface area contributed by atoms with Crippen molar-refractivity contribution in [3.63, 3.8) is 0 Å². The van der Waals surface area contributed by atoms with Crippen LogP contribution >= 0.6 is 0 Å². The van der Waals surface area contributed by atoms with E-state index in [1.807, 2.05) is 0 Å². The number of carbonyl (C=O) groups excluding carboxylic acids is 1. The number of halogens is 1. The predicted octanol–water partition coefficient (Wildman–Crippen LogP) is 3.99. The number of hydrogen-bond donors (Lipinski definition) is 1. The molecule has 0 fully saturated rings. The van der Waals surface area contributed by atoms with Crippen LogP contribution in [0.3, 0.4) is 0 Å². The van der Waals surface area contributed by atoms with Crippen LogP contribution in [-0.4, -0.2) is 25.1 Å². The number of ether oxygens (including phenoxy) is 2. The zero-order valence-corrected chi connectivity index (χ0v) is 15.2. The third-order valence-corrected chi connectivity index (χ3v) is 4.01. The molecule has 1 aromatic heterocycles. The number of carbonyl (C=O) groups is 1. The molecule has 6 nitrogen and oxygen atoms in total. The first-order valence-electron chi connectivity index (χ1n) is 8.25. The van der Waals surface area contributed by atoms with E-state index in [-0.39, 0.29) is 23.8 Å². The van der Waals surface area contributed by atoms with Crippen molar-refractivity contribution in [2.24, 2.45) is 0 Å². The number of rotatable bonds is 6. The van der Waals surface area contributed by atoms with Crippen LogP contribution in [0, 0.1) is 12.7 Å². The summed E-state index contributed by atoms with van der Waals surface area (Å²) < 4.78 is 29.9. The minimum absolute atomic E-state index is 0.0237. The highest BCUT2D eigenvalue weighted by molar-refractivity contribution is 5.93. The number of oxazole rings is 1. The van der Waals surface area contributed by atoms with Crippen molar-refractivity contribution in [2.45, 2.75) is 13.3 Å². The number of aromatic nitrogens is 1. The second kappa shape index (κ2) is 7.90. The van der Waals surface area contributed by atoms with Crippen LogP contribution < -0.4 is 14.8 Å². The molecule has 3 aromatic rings. The Balaban J connectivity index is 1.78. The van der Waals surface area contributed by atoms with E-state index in [4.69, 9.17) is 13.9 Å². The molecule has 0 spiro atoms. The van der Waals surface area contributed by atoms with Gasteiger partial charge in [0.25, 0.3) is 0 Å². The molecule has 0 saturated heterocycles. The number of amides is 1. The van der Waals surface area contributed by atoms with Crippen LogP contribution in [0.1, 0.15) is 11.5 Å². The van der Waals surface area contributed by atoms with E-state index in [0.717, 1.165) is 0 Å². The van der Waals surface area contributed by atoms with Gasteiger partial charge in [-0.2, -0.15) is 0 Å². The van der Waals surface area contributed by atoms with Crippen molar-refractivity contribution >= 4 is 11.6 Å². The maximum absolute atomic E-state index is 13.9. The normalized spacial score (nSPS) is 10.5. The Morgan fingerprint density at radius 3 is 2.67 bits per heavy atom. The minimum atomic E-state index is -0.434. The number of hydrogen-bond acceptors (Lipinski definition) is 5. The number of nitrogens with zero attached hydrogens (tertiary/aromatic N) is 1. The Bertz CT molecular complexity index is 968. The molecule has 7 heteroatoms. The molecular weight excluding hydrogens is 351 g/mol. The highest BCUT2D eigenvalue weighted by Gasteiger charge is 2.18. The van der Waals surface area contributed by atoms with Crippen molar-refractivity contribution in [3.8, 4) is 23.0 Å². The summed E-state index contributed by atoms with van der Waals surface area (Å²) in [6.07, 6.45) is -0.0237. The average molecular weight is 370 g/mol. The topological polar surface area (TPSA) is 73.6 Å². The first kappa shape index (κ1) is 18.4. The summed E-state index contributed by atoms with van der Waals surface area (Å²) >= 11 is 0. The van der Waals surface area contributed by atoms with Gasteiger partial charge in [-0.05, 0) is 31.2 Å².